The predicted molar refractivity (Wildman–Crippen MR) is 99.8 cm³/mol. The van der Waals surface area contributed by atoms with E-state index in [1.54, 1.807) is 25.1 Å². The Labute approximate surface area is 163 Å². The van der Waals surface area contributed by atoms with Gasteiger partial charge in [-0.25, -0.2) is 4.79 Å². The van der Waals surface area contributed by atoms with Crippen LogP contribution < -0.4 is 20.1 Å². The second-order valence-corrected chi connectivity index (χ2v) is 7.77. The van der Waals surface area contributed by atoms with E-state index in [4.69, 9.17) is 9.47 Å². The number of hydrogen-bond donors (Lipinski definition) is 2. The van der Waals surface area contributed by atoms with Crippen LogP contribution >= 0.6 is 0 Å². The largest absolute Gasteiger partial charge is 0.454 e. The summed E-state index contributed by atoms with van der Waals surface area (Å²) in [5, 5.41) is 5.70. The zero-order valence-corrected chi connectivity index (χ0v) is 16.0. The van der Waals surface area contributed by atoms with E-state index in [1.807, 2.05) is 0 Å². The van der Waals surface area contributed by atoms with Gasteiger partial charge in [0.25, 0.3) is 5.91 Å². The Morgan fingerprint density at radius 3 is 2.64 bits per heavy atom. The molecule has 0 aromatic heterocycles. The van der Waals surface area contributed by atoms with Gasteiger partial charge in [0.15, 0.2) is 11.5 Å². The van der Waals surface area contributed by atoms with Crippen molar-refractivity contribution in [2.45, 2.75) is 57.0 Å². The van der Waals surface area contributed by atoms with Crippen LogP contribution in [0, 0.1) is 0 Å². The monoisotopic (exact) mass is 387 g/mol. The van der Waals surface area contributed by atoms with Crippen molar-refractivity contribution in [3.8, 4) is 11.5 Å². The standard InChI is InChI=1S/C20H25N3O5/c1-20(13-8-9-15-16(10-13)28-12-27-15)18(25)23(19(26)22-20)11-17(24)21-14-6-4-2-3-5-7-14/h8-10,14H,2-7,11-12H2,1H3,(H,21,24)(H,22,26)/t20-/m1/s1. The molecular weight excluding hydrogens is 362 g/mol. The van der Waals surface area contributed by atoms with Crippen molar-refractivity contribution in [3.63, 3.8) is 0 Å². The molecule has 4 rings (SSSR count). The molecule has 150 valence electrons. The molecule has 8 heteroatoms. The van der Waals surface area contributed by atoms with Crippen molar-refractivity contribution in [1.82, 2.24) is 15.5 Å². The zero-order chi connectivity index (χ0) is 19.7. The maximum atomic E-state index is 13.0. The summed E-state index contributed by atoms with van der Waals surface area (Å²) < 4.78 is 10.7. The van der Waals surface area contributed by atoms with Crippen LogP contribution in [0.2, 0.25) is 0 Å². The third-order valence-electron chi connectivity index (χ3n) is 5.75. The van der Waals surface area contributed by atoms with Gasteiger partial charge in [-0.1, -0.05) is 31.7 Å². The second kappa shape index (κ2) is 7.33. The van der Waals surface area contributed by atoms with Crippen molar-refractivity contribution < 1.29 is 23.9 Å². The number of nitrogens with one attached hydrogen (secondary N) is 2. The van der Waals surface area contributed by atoms with E-state index in [0.29, 0.717) is 17.1 Å². The van der Waals surface area contributed by atoms with E-state index in [9.17, 15) is 14.4 Å². The highest BCUT2D eigenvalue weighted by molar-refractivity contribution is 6.09. The lowest BCUT2D eigenvalue weighted by Crippen LogP contribution is -2.45. The average molecular weight is 387 g/mol. The Hall–Kier alpha value is -2.77. The van der Waals surface area contributed by atoms with E-state index in [1.165, 1.54) is 12.8 Å². The minimum absolute atomic E-state index is 0.121. The predicted octanol–water partition coefficient (Wildman–Crippen LogP) is 2.02. The first kappa shape index (κ1) is 18.6. The number of rotatable bonds is 4. The van der Waals surface area contributed by atoms with E-state index >= 15 is 0 Å². The first-order chi connectivity index (χ1) is 13.5. The molecule has 4 amide bonds. The van der Waals surface area contributed by atoms with Crippen LogP contribution in [0.3, 0.4) is 0 Å². The van der Waals surface area contributed by atoms with Crippen molar-refractivity contribution >= 4 is 17.8 Å². The third-order valence-corrected chi connectivity index (χ3v) is 5.75. The molecule has 1 saturated heterocycles. The minimum atomic E-state index is -1.25. The molecule has 0 unspecified atom stereocenters. The molecule has 0 spiro atoms. The Kier molecular flexibility index (Phi) is 4.87. The van der Waals surface area contributed by atoms with Gasteiger partial charge in [0.1, 0.15) is 12.1 Å². The van der Waals surface area contributed by atoms with Crippen molar-refractivity contribution in [1.29, 1.82) is 0 Å². The molecule has 1 aliphatic carbocycles. The Morgan fingerprint density at radius 1 is 1.18 bits per heavy atom. The average Bonchev–Trinajstić information content (AvgIpc) is 3.11. The second-order valence-electron chi connectivity index (χ2n) is 7.77. The molecule has 0 radical (unpaired) electrons. The number of hydrogen-bond acceptors (Lipinski definition) is 5. The summed E-state index contributed by atoms with van der Waals surface area (Å²) in [6.45, 7) is 1.48. The lowest BCUT2D eigenvalue weighted by molar-refractivity contribution is -0.135. The molecule has 2 aliphatic heterocycles. The first-order valence-corrected chi connectivity index (χ1v) is 9.81. The molecule has 1 aromatic carbocycles. The summed E-state index contributed by atoms with van der Waals surface area (Å²) in [6.07, 6.45) is 6.45. The number of benzene rings is 1. The zero-order valence-electron chi connectivity index (χ0n) is 16.0. The molecule has 2 N–H and O–H groups in total. The molecule has 28 heavy (non-hydrogen) atoms. The fourth-order valence-electron chi connectivity index (χ4n) is 4.08. The number of nitrogens with zero attached hydrogens (tertiary/aromatic N) is 1. The maximum Gasteiger partial charge on any atom is 0.325 e. The van der Waals surface area contributed by atoms with Gasteiger partial charge in [0.2, 0.25) is 12.7 Å². The van der Waals surface area contributed by atoms with E-state index in [0.717, 1.165) is 30.6 Å². The fraction of sp³-hybridized carbons (Fsp3) is 0.550. The first-order valence-electron chi connectivity index (χ1n) is 9.81. The molecule has 0 bridgehead atoms. The van der Waals surface area contributed by atoms with Crippen LogP contribution in [0.25, 0.3) is 0 Å². The lowest BCUT2D eigenvalue weighted by Gasteiger charge is -2.23. The summed E-state index contributed by atoms with van der Waals surface area (Å²) in [5.41, 5.74) is -0.664. The van der Waals surface area contributed by atoms with Gasteiger partial charge in [-0.2, -0.15) is 0 Å². The Bertz CT molecular complexity index is 803. The van der Waals surface area contributed by atoms with Crippen LogP contribution in [0.5, 0.6) is 11.5 Å². The van der Waals surface area contributed by atoms with Crippen molar-refractivity contribution in [2.75, 3.05) is 13.3 Å². The van der Waals surface area contributed by atoms with E-state index in [-0.39, 0.29) is 25.3 Å². The number of imide groups is 1. The maximum absolute atomic E-state index is 13.0. The van der Waals surface area contributed by atoms with Gasteiger partial charge in [0, 0.05) is 6.04 Å². The molecule has 2 fully saturated rings. The number of carbonyl (C=O) groups excluding carboxylic acids is 3. The highest BCUT2D eigenvalue weighted by Gasteiger charge is 2.50. The molecule has 2 heterocycles. The van der Waals surface area contributed by atoms with Crippen LogP contribution in [0.1, 0.15) is 51.0 Å². The highest BCUT2D eigenvalue weighted by Crippen LogP contribution is 2.37. The minimum Gasteiger partial charge on any atom is -0.454 e. The van der Waals surface area contributed by atoms with Crippen molar-refractivity contribution in [3.05, 3.63) is 23.8 Å². The van der Waals surface area contributed by atoms with Crippen LogP contribution in [-0.4, -0.2) is 42.1 Å². The van der Waals surface area contributed by atoms with Gasteiger partial charge >= 0.3 is 6.03 Å². The summed E-state index contributed by atoms with van der Waals surface area (Å²) in [6, 6.07) is 4.68. The SMILES string of the molecule is C[C@]1(c2ccc3c(c2)OCO3)NC(=O)N(CC(=O)NC2CCCCCC2)C1=O. The number of amides is 4. The van der Waals surface area contributed by atoms with Gasteiger partial charge < -0.3 is 20.1 Å². The van der Waals surface area contributed by atoms with E-state index < -0.39 is 17.5 Å². The van der Waals surface area contributed by atoms with Crippen LogP contribution in [-0.2, 0) is 15.1 Å². The Balaban J connectivity index is 1.45. The summed E-state index contributed by atoms with van der Waals surface area (Å²) in [5.74, 6) is 0.381. The molecule has 1 atom stereocenters. The smallest absolute Gasteiger partial charge is 0.325 e. The normalized spacial score (nSPS) is 24.8. The van der Waals surface area contributed by atoms with Crippen molar-refractivity contribution in [2.24, 2.45) is 0 Å². The Morgan fingerprint density at radius 2 is 1.89 bits per heavy atom. The van der Waals surface area contributed by atoms with Gasteiger partial charge in [-0.15, -0.1) is 0 Å². The van der Waals surface area contributed by atoms with Gasteiger partial charge in [-0.05, 0) is 37.5 Å². The van der Waals surface area contributed by atoms with Gasteiger partial charge in [0.05, 0.1) is 0 Å². The quantitative estimate of drug-likeness (QED) is 0.609. The number of carbonyl (C=O) groups is 3. The molecule has 1 saturated carbocycles. The topological polar surface area (TPSA) is 97.0 Å². The molecule has 8 nitrogen and oxygen atoms in total. The number of fused-ring (bicyclic) bond motifs is 1. The number of urea groups is 1. The molecule has 3 aliphatic rings. The summed E-state index contributed by atoms with van der Waals surface area (Å²) >= 11 is 0. The van der Waals surface area contributed by atoms with Crippen LogP contribution in [0.15, 0.2) is 18.2 Å². The molecule has 1 aromatic rings. The van der Waals surface area contributed by atoms with Crippen LogP contribution in [0.4, 0.5) is 4.79 Å². The summed E-state index contributed by atoms with van der Waals surface area (Å²) in [4.78, 5) is 38.9. The highest BCUT2D eigenvalue weighted by atomic mass is 16.7. The molecular formula is C20H25N3O5. The summed E-state index contributed by atoms with van der Waals surface area (Å²) in [7, 11) is 0. The lowest BCUT2D eigenvalue weighted by atomic mass is 9.91. The third kappa shape index (κ3) is 3.39. The fourth-order valence-corrected chi connectivity index (χ4v) is 4.08. The van der Waals surface area contributed by atoms with Gasteiger partial charge in [-0.3, -0.25) is 14.5 Å². The van der Waals surface area contributed by atoms with E-state index in [2.05, 4.69) is 10.6 Å². The number of ether oxygens (including phenoxy) is 2.